The van der Waals surface area contributed by atoms with E-state index in [1.54, 1.807) is 6.07 Å². The summed E-state index contributed by atoms with van der Waals surface area (Å²) in [6.07, 6.45) is 0.767. The fraction of sp³-hybridized carbons (Fsp3) is 0.462. The van der Waals surface area contributed by atoms with Gasteiger partial charge in [-0.15, -0.1) is 0 Å². The average Bonchev–Trinajstić information content (AvgIpc) is 2.30. The molecule has 100 valence electrons. The molecule has 0 aliphatic carbocycles. The number of carboxylic acid groups (broad SMARTS) is 1. The molecule has 0 spiro atoms. The summed E-state index contributed by atoms with van der Waals surface area (Å²) >= 11 is 11.8. The highest BCUT2D eigenvalue weighted by Crippen LogP contribution is 2.25. The van der Waals surface area contributed by atoms with Crippen LogP contribution >= 0.6 is 23.2 Å². The largest absolute Gasteiger partial charge is 0.481 e. The summed E-state index contributed by atoms with van der Waals surface area (Å²) in [7, 11) is 0. The summed E-state index contributed by atoms with van der Waals surface area (Å²) in [5, 5.41) is 13.0. The summed E-state index contributed by atoms with van der Waals surface area (Å²) in [6, 6.07) is 5.73. The molecule has 0 bridgehead atoms. The quantitative estimate of drug-likeness (QED) is 0.835. The summed E-state index contributed by atoms with van der Waals surface area (Å²) in [5.74, 6) is -0.772. The van der Waals surface area contributed by atoms with Crippen molar-refractivity contribution in [3.8, 4) is 0 Å². The summed E-state index contributed by atoms with van der Waals surface area (Å²) in [5.41, 5.74) is 1.03. The number of aliphatic carboxylic acids is 1. The van der Waals surface area contributed by atoms with Gasteiger partial charge in [-0.05, 0) is 38.0 Å². The number of rotatable bonds is 6. The molecule has 18 heavy (non-hydrogen) atoms. The maximum Gasteiger partial charge on any atom is 0.303 e. The lowest BCUT2D eigenvalue weighted by molar-refractivity contribution is -0.137. The van der Waals surface area contributed by atoms with Gasteiger partial charge in [0.05, 0.1) is 10.0 Å². The second-order valence-electron chi connectivity index (χ2n) is 4.40. The molecule has 2 unspecified atom stereocenters. The van der Waals surface area contributed by atoms with Gasteiger partial charge in [0.25, 0.3) is 0 Å². The topological polar surface area (TPSA) is 49.3 Å². The Labute approximate surface area is 117 Å². The molecule has 0 aliphatic heterocycles. The van der Waals surface area contributed by atoms with E-state index in [-0.39, 0.29) is 18.5 Å². The molecule has 0 saturated heterocycles. The van der Waals surface area contributed by atoms with E-state index in [4.69, 9.17) is 28.3 Å². The molecule has 0 fully saturated rings. The van der Waals surface area contributed by atoms with Crippen molar-refractivity contribution in [2.45, 2.75) is 38.8 Å². The van der Waals surface area contributed by atoms with Gasteiger partial charge in [-0.1, -0.05) is 29.3 Å². The van der Waals surface area contributed by atoms with Crippen LogP contribution < -0.4 is 5.32 Å². The highest BCUT2D eigenvalue weighted by atomic mass is 35.5. The van der Waals surface area contributed by atoms with E-state index in [1.807, 2.05) is 26.0 Å². The minimum Gasteiger partial charge on any atom is -0.481 e. The van der Waals surface area contributed by atoms with Crippen molar-refractivity contribution in [2.24, 2.45) is 0 Å². The second kappa shape index (κ2) is 6.98. The molecule has 2 N–H and O–H groups in total. The molecule has 3 nitrogen and oxygen atoms in total. The fourth-order valence-electron chi connectivity index (χ4n) is 1.73. The first-order valence-electron chi connectivity index (χ1n) is 5.83. The van der Waals surface area contributed by atoms with Crippen LogP contribution in [0.15, 0.2) is 18.2 Å². The molecular formula is C13H17Cl2NO2. The maximum absolute atomic E-state index is 10.5. The smallest absolute Gasteiger partial charge is 0.303 e. The van der Waals surface area contributed by atoms with Crippen LogP contribution in [0.3, 0.4) is 0 Å². The van der Waals surface area contributed by atoms with Gasteiger partial charge in [0.1, 0.15) is 0 Å². The fourth-order valence-corrected chi connectivity index (χ4v) is 2.03. The van der Waals surface area contributed by atoms with E-state index >= 15 is 0 Å². The van der Waals surface area contributed by atoms with Crippen molar-refractivity contribution in [3.05, 3.63) is 33.8 Å². The third kappa shape index (κ3) is 4.84. The van der Waals surface area contributed by atoms with Crippen LogP contribution in [0.1, 0.15) is 38.3 Å². The predicted octanol–water partition coefficient (Wildman–Crippen LogP) is 3.90. The van der Waals surface area contributed by atoms with E-state index < -0.39 is 5.97 Å². The van der Waals surface area contributed by atoms with Gasteiger partial charge in [-0.25, -0.2) is 0 Å². The lowest BCUT2D eigenvalue weighted by Gasteiger charge is -2.20. The number of hydrogen-bond donors (Lipinski definition) is 2. The molecule has 2 atom stereocenters. The van der Waals surface area contributed by atoms with Gasteiger partial charge in [0, 0.05) is 18.5 Å². The molecule has 0 aromatic heterocycles. The highest BCUT2D eigenvalue weighted by Gasteiger charge is 2.11. The van der Waals surface area contributed by atoms with Crippen LogP contribution in [0.25, 0.3) is 0 Å². The van der Waals surface area contributed by atoms with Gasteiger partial charge in [-0.3, -0.25) is 4.79 Å². The molecule has 1 aromatic rings. The zero-order valence-electron chi connectivity index (χ0n) is 10.4. The Morgan fingerprint density at radius 3 is 2.56 bits per heavy atom. The van der Waals surface area contributed by atoms with Crippen molar-refractivity contribution in [1.29, 1.82) is 0 Å². The van der Waals surface area contributed by atoms with Crippen LogP contribution in [0.5, 0.6) is 0 Å². The summed E-state index contributed by atoms with van der Waals surface area (Å²) in [4.78, 5) is 10.5. The molecule has 0 amide bonds. The lowest BCUT2D eigenvalue weighted by Crippen LogP contribution is -2.29. The van der Waals surface area contributed by atoms with Crippen molar-refractivity contribution < 1.29 is 9.90 Å². The molecule has 0 heterocycles. The SMILES string of the molecule is CC(CCC(=O)O)NC(C)c1ccc(Cl)c(Cl)c1. The zero-order valence-corrected chi connectivity index (χ0v) is 11.9. The second-order valence-corrected chi connectivity index (χ2v) is 5.21. The van der Waals surface area contributed by atoms with Crippen LogP contribution in [0.4, 0.5) is 0 Å². The Hall–Kier alpha value is -0.770. The van der Waals surface area contributed by atoms with Gasteiger partial charge in [0.2, 0.25) is 0 Å². The molecule has 1 rings (SSSR count). The van der Waals surface area contributed by atoms with Crippen molar-refractivity contribution in [2.75, 3.05) is 0 Å². The minimum atomic E-state index is -0.772. The monoisotopic (exact) mass is 289 g/mol. The lowest BCUT2D eigenvalue weighted by atomic mass is 10.1. The van der Waals surface area contributed by atoms with Crippen LogP contribution in [0.2, 0.25) is 10.0 Å². The molecular weight excluding hydrogens is 273 g/mol. The summed E-state index contributed by atoms with van der Waals surface area (Å²) < 4.78 is 0. The van der Waals surface area contributed by atoms with E-state index in [1.165, 1.54) is 0 Å². The summed E-state index contributed by atoms with van der Waals surface area (Å²) in [6.45, 7) is 3.98. The van der Waals surface area contributed by atoms with Crippen LogP contribution in [0, 0.1) is 0 Å². The van der Waals surface area contributed by atoms with Crippen LogP contribution in [-0.4, -0.2) is 17.1 Å². The maximum atomic E-state index is 10.5. The Bertz CT molecular complexity index is 423. The average molecular weight is 290 g/mol. The van der Waals surface area contributed by atoms with Gasteiger partial charge < -0.3 is 10.4 Å². The normalized spacial score (nSPS) is 14.2. The van der Waals surface area contributed by atoms with E-state index in [2.05, 4.69) is 5.32 Å². The van der Waals surface area contributed by atoms with E-state index in [0.717, 1.165) is 5.56 Å². The first-order valence-corrected chi connectivity index (χ1v) is 6.58. The van der Waals surface area contributed by atoms with Gasteiger partial charge in [-0.2, -0.15) is 0 Å². The molecule has 0 radical (unpaired) electrons. The molecule has 0 aliphatic rings. The van der Waals surface area contributed by atoms with Crippen molar-refractivity contribution in [3.63, 3.8) is 0 Å². The highest BCUT2D eigenvalue weighted by molar-refractivity contribution is 6.42. The Kier molecular flexibility index (Phi) is 5.93. The molecule has 5 heteroatoms. The number of nitrogens with one attached hydrogen (secondary N) is 1. The standard InChI is InChI=1S/C13H17Cl2NO2/c1-8(3-6-13(17)18)16-9(2)10-4-5-11(14)12(15)7-10/h4-5,7-9,16H,3,6H2,1-2H3,(H,17,18). The first-order chi connectivity index (χ1) is 8.40. The third-order valence-corrected chi connectivity index (χ3v) is 3.51. The van der Waals surface area contributed by atoms with Crippen molar-refractivity contribution in [1.82, 2.24) is 5.32 Å². The Morgan fingerprint density at radius 1 is 1.33 bits per heavy atom. The number of carbonyl (C=O) groups is 1. The third-order valence-electron chi connectivity index (χ3n) is 2.77. The predicted molar refractivity (Wildman–Crippen MR) is 74.3 cm³/mol. The van der Waals surface area contributed by atoms with Gasteiger partial charge in [0.15, 0.2) is 0 Å². The zero-order chi connectivity index (χ0) is 13.7. The number of hydrogen-bond acceptors (Lipinski definition) is 2. The first kappa shape index (κ1) is 15.3. The van der Waals surface area contributed by atoms with Crippen LogP contribution in [-0.2, 0) is 4.79 Å². The Balaban J connectivity index is 2.56. The number of benzene rings is 1. The molecule has 0 saturated carbocycles. The van der Waals surface area contributed by atoms with E-state index in [9.17, 15) is 4.79 Å². The minimum absolute atomic E-state index is 0.101. The number of carboxylic acids is 1. The van der Waals surface area contributed by atoms with Gasteiger partial charge >= 0.3 is 5.97 Å². The molecule has 1 aromatic carbocycles. The number of halogens is 2. The Morgan fingerprint density at radius 2 is 2.00 bits per heavy atom. The van der Waals surface area contributed by atoms with E-state index in [0.29, 0.717) is 16.5 Å². The van der Waals surface area contributed by atoms with Crippen molar-refractivity contribution >= 4 is 29.2 Å².